The number of nitrogens with one attached hydrogen (secondary N) is 1. The van der Waals surface area contributed by atoms with Crippen LogP contribution in [0, 0.1) is 17.2 Å². The van der Waals surface area contributed by atoms with E-state index < -0.39 is 0 Å². The van der Waals surface area contributed by atoms with Gasteiger partial charge in [-0.2, -0.15) is 5.26 Å². The summed E-state index contributed by atoms with van der Waals surface area (Å²) in [5.74, 6) is 0.262. The van der Waals surface area contributed by atoms with Crippen LogP contribution in [0.25, 0.3) is 0 Å². The SMILES string of the molecule is CNCC1COC(=O)N(c2cccc(C#N)c2)C1. The number of ether oxygens (including phenoxy) is 1. The molecular weight excluding hydrogens is 230 g/mol. The second kappa shape index (κ2) is 5.52. The summed E-state index contributed by atoms with van der Waals surface area (Å²) in [4.78, 5) is 13.3. The number of hydrogen-bond acceptors (Lipinski definition) is 4. The van der Waals surface area contributed by atoms with Gasteiger partial charge in [0.25, 0.3) is 0 Å². The lowest BCUT2D eigenvalue weighted by Crippen LogP contribution is -2.46. The largest absolute Gasteiger partial charge is 0.449 e. The normalized spacial score (nSPS) is 19.2. The van der Waals surface area contributed by atoms with Crippen LogP contribution in [-0.2, 0) is 4.74 Å². The highest BCUT2D eigenvalue weighted by Gasteiger charge is 2.27. The molecule has 0 saturated carbocycles. The molecule has 1 aromatic rings. The summed E-state index contributed by atoms with van der Waals surface area (Å²) in [7, 11) is 1.87. The predicted molar refractivity (Wildman–Crippen MR) is 67.3 cm³/mol. The molecule has 2 rings (SSSR count). The van der Waals surface area contributed by atoms with E-state index >= 15 is 0 Å². The molecule has 0 aliphatic carbocycles. The number of nitrogens with zero attached hydrogens (tertiary/aromatic N) is 2. The average Bonchev–Trinajstić information content (AvgIpc) is 2.41. The summed E-state index contributed by atoms with van der Waals surface area (Å²) >= 11 is 0. The van der Waals surface area contributed by atoms with Crippen molar-refractivity contribution in [2.45, 2.75) is 0 Å². The van der Waals surface area contributed by atoms with Crippen molar-refractivity contribution in [2.75, 3.05) is 31.6 Å². The van der Waals surface area contributed by atoms with Crippen LogP contribution in [0.3, 0.4) is 0 Å². The third-order valence-corrected chi connectivity index (χ3v) is 2.88. The molecular formula is C13H15N3O2. The van der Waals surface area contributed by atoms with E-state index in [-0.39, 0.29) is 12.0 Å². The third-order valence-electron chi connectivity index (χ3n) is 2.88. The summed E-state index contributed by atoms with van der Waals surface area (Å²) in [6.45, 7) is 1.84. The monoisotopic (exact) mass is 245 g/mol. The molecule has 1 atom stereocenters. The first-order valence-electron chi connectivity index (χ1n) is 5.83. The zero-order valence-electron chi connectivity index (χ0n) is 10.2. The molecule has 1 saturated heterocycles. The summed E-state index contributed by atoms with van der Waals surface area (Å²) < 4.78 is 5.15. The third kappa shape index (κ3) is 2.60. The van der Waals surface area contributed by atoms with Crippen molar-refractivity contribution >= 4 is 11.8 Å². The molecule has 5 heteroatoms. The Morgan fingerprint density at radius 2 is 2.44 bits per heavy atom. The van der Waals surface area contributed by atoms with E-state index in [0.717, 1.165) is 6.54 Å². The molecule has 1 heterocycles. The predicted octanol–water partition coefficient (Wildman–Crippen LogP) is 1.35. The van der Waals surface area contributed by atoms with Crippen LogP contribution in [0.2, 0.25) is 0 Å². The van der Waals surface area contributed by atoms with Gasteiger partial charge in [0.15, 0.2) is 0 Å². The standard InChI is InChI=1S/C13H15N3O2/c1-15-7-11-8-16(13(17)18-9-11)12-4-2-3-10(5-12)6-14/h2-5,11,15H,7-9H2,1H3. The van der Waals surface area contributed by atoms with Crippen LogP contribution in [0.15, 0.2) is 24.3 Å². The van der Waals surface area contributed by atoms with Crippen molar-refractivity contribution in [3.8, 4) is 6.07 Å². The lowest BCUT2D eigenvalue weighted by Gasteiger charge is -2.32. The van der Waals surface area contributed by atoms with Crippen molar-refractivity contribution < 1.29 is 9.53 Å². The van der Waals surface area contributed by atoms with Gasteiger partial charge in [0, 0.05) is 24.7 Å². The summed E-state index contributed by atoms with van der Waals surface area (Å²) in [6.07, 6.45) is -0.350. The van der Waals surface area contributed by atoms with Gasteiger partial charge >= 0.3 is 6.09 Å². The lowest BCUT2D eigenvalue weighted by molar-refractivity contribution is 0.115. The molecule has 1 aromatic carbocycles. The first-order chi connectivity index (χ1) is 8.74. The molecule has 1 amide bonds. The van der Waals surface area contributed by atoms with Gasteiger partial charge < -0.3 is 10.1 Å². The Balaban J connectivity index is 2.19. The highest BCUT2D eigenvalue weighted by Crippen LogP contribution is 2.21. The molecule has 1 N–H and O–H groups in total. The van der Waals surface area contributed by atoms with Crippen LogP contribution in [-0.4, -0.2) is 32.8 Å². The number of carbonyl (C=O) groups excluding carboxylic acids is 1. The molecule has 0 bridgehead atoms. The molecule has 0 aromatic heterocycles. The van der Waals surface area contributed by atoms with E-state index in [0.29, 0.717) is 24.4 Å². The maximum atomic E-state index is 11.7. The molecule has 94 valence electrons. The maximum Gasteiger partial charge on any atom is 0.414 e. The van der Waals surface area contributed by atoms with Crippen LogP contribution in [0.1, 0.15) is 5.56 Å². The zero-order chi connectivity index (χ0) is 13.0. The van der Waals surface area contributed by atoms with E-state index in [2.05, 4.69) is 11.4 Å². The summed E-state index contributed by atoms with van der Waals surface area (Å²) in [5, 5.41) is 11.9. The van der Waals surface area contributed by atoms with E-state index in [4.69, 9.17) is 10.00 Å². The summed E-state index contributed by atoms with van der Waals surface area (Å²) in [5.41, 5.74) is 1.25. The molecule has 1 aliphatic rings. The number of carbonyl (C=O) groups is 1. The van der Waals surface area contributed by atoms with Crippen molar-refractivity contribution in [2.24, 2.45) is 5.92 Å². The van der Waals surface area contributed by atoms with Crippen molar-refractivity contribution in [1.29, 1.82) is 5.26 Å². The smallest absolute Gasteiger partial charge is 0.414 e. The van der Waals surface area contributed by atoms with Gasteiger partial charge in [-0.25, -0.2) is 4.79 Å². The molecule has 18 heavy (non-hydrogen) atoms. The van der Waals surface area contributed by atoms with Crippen LogP contribution < -0.4 is 10.2 Å². The van der Waals surface area contributed by atoms with Gasteiger partial charge in [0.1, 0.15) is 0 Å². The van der Waals surface area contributed by atoms with Crippen LogP contribution in [0.4, 0.5) is 10.5 Å². The number of cyclic esters (lactones) is 1. The Kier molecular flexibility index (Phi) is 3.80. The number of benzene rings is 1. The molecule has 1 unspecified atom stereocenters. The Bertz CT molecular complexity index is 481. The highest BCUT2D eigenvalue weighted by atomic mass is 16.6. The summed E-state index contributed by atoms with van der Waals surface area (Å²) in [6, 6.07) is 9.05. The van der Waals surface area contributed by atoms with Gasteiger partial charge in [-0.15, -0.1) is 0 Å². The van der Waals surface area contributed by atoms with Gasteiger partial charge in [-0.1, -0.05) is 6.07 Å². The van der Waals surface area contributed by atoms with Gasteiger partial charge in [0.05, 0.1) is 18.2 Å². The Labute approximate surface area is 106 Å². The number of hydrogen-bond donors (Lipinski definition) is 1. The number of anilines is 1. The molecule has 0 radical (unpaired) electrons. The van der Waals surface area contributed by atoms with E-state index in [1.165, 1.54) is 0 Å². The average molecular weight is 245 g/mol. The minimum atomic E-state index is -0.350. The highest BCUT2D eigenvalue weighted by molar-refractivity contribution is 5.88. The van der Waals surface area contributed by atoms with E-state index in [1.807, 2.05) is 13.1 Å². The van der Waals surface area contributed by atoms with Crippen LogP contribution >= 0.6 is 0 Å². The van der Waals surface area contributed by atoms with Gasteiger partial charge in [-0.3, -0.25) is 4.90 Å². The van der Waals surface area contributed by atoms with E-state index in [1.54, 1.807) is 23.1 Å². The molecule has 1 fully saturated rings. The zero-order valence-corrected chi connectivity index (χ0v) is 10.2. The fraction of sp³-hybridized carbons (Fsp3) is 0.385. The van der Waals surface area contributed by atoms with E-state index in [9.17, 15) is 4.79 Å². The fourth-order valence-corrected chi connectivity index (χ4v) is 2.02. The van der Waals surface area contributed by atoms with Crippen LogP contribution in [0.5, 0.6) is 0 Å². The second-order valence-corrected chi connectivity index (χ2v) is 4.27. The number of amides is 1. The topological polar surface area (TPSA) is 65.4 Å². The first kappa shape index (κ1) is 12.4. The van der Waals surface area contributed by atoms with Gasteiger partial charge in [-0.05, 0) is 25.2 Å². The molecule has 0 spiro atoms. The maximum absolute atomic E-state index is 11.7. The van der Waals surface area contributed by atoms with Crippen molar-refractivity contribution in [1.82, 2.24) is 5.32 Å². The molecule has 5 nitrogen and oxygen atoms in total. The second-order valence-electron chi connectivity index (χ2n) is 4.27. The minimum Gasteiger partial charge on any atom is -0.449 e. The van der Waals surface area contributed by atoms with Crippen molar-refractivity contribution in [3.63, 3.8) is 0 Å². The Morgan fingerprint density at radius 3 is 3.17 bits per heavy atom. The number of rotatable bonds is 3. The molecule has 1 aliphatic heterocycles. The van der Waals surface area contributed by atoms with Gasteiger partial charge in [0.2, 0.25) is 0 Å². The van der Waals surface area contributed by atoms with Crippen molar-refractivity contribution in [3.05, 3.63) is 29.8 Å². The minimum absolute atomic E-state index is 0.262. The lowest BCUT2D eigenvalue weighted by atomic mass is 10.1. The number of nitriles is 1. The Hall–Kier alpha value is -2.06. The first-order valence-corrected chi connectivity index (χ1v) is 5.83. The quantitative estimate of drug-likeness (QED) is 0.873. The fourth-order valence-electron chi connectivity index (χ4n) is 2.02. The Morgan fingerprint density at radius 1 is 1.61 bits per heavy atom.